The third kappa shape index (κ3) is 5.49. The zero-order chi connectivity index (χ0) is 22.6. The molecule has 1 aromatic carbocycles. The Labute approximate surface area is 192 Å². The second-order valence-electron chi connectivity index (χ2n) is 8.22. The second-order valence-corrected chi connectivity index (χ2v) is 10.2. The Morgan fingerprint density at radius 3 is 2.42 bits per heavy atom. The van der Waals surface area contributed by atoms with Gasteiger partial charge in [0.25, 0.3) is 0 Å². The van der Waals surface area contributed by atoms with Gasteiger partial charge in [-0.05, 0) is 45.7 Å². The van der Waals surface area contributed by atoms with Crippen molar-refractivity contribution in [2.24, 2.45) is 0 Å². The number of aryl methyl sites for hydroxylation is 1. The Morgan fingerprint density at radius 1 is 1.19 bits per heavy atom. The number of carbonyl (C=O) groups is 1. The number of nitrogens with zero attached hydrogens (tertiary/aromatic N) is 4. The van der Waals surface area contributed by atoms with E-state index in [0.29, 0.717) is 13.1 Å². The molecule has 1 amide bonds. The Bertz CT molecular complexity index is 1010. The van der Waals surface area contributed by atoms with Crippen LogP contribution in [-0.2, 0) is 19.4 Å². The highest BCUT2D eigenvalue weighted by Gasteiger charge is 2.26. The molecule has 0 fully saturated rings. The number of rotatable bonds is 8. The third-order valence-electron chi connectivity index (χ3n) is 5.08. The topological polar surface area (TPSA) is 71.2 Å². The molecular weight excluding hydrogens is 428 g/mol. The van der Waals surface area contributed by atoms with Crippen molar-refractivity contribution >= 4 is 29.2 Å². The molecule has 166 valence electrons. The molecule has 2 aromatic heterocycles. The van der Waals surface area contributed by atoms with Crippen molar-refractivity contribution in [2.45, 2.75) is 69.3 Å². The summed E-state index contributed by atoms with van der Waals surface area (Å²) in [6.45, 7) is 10.9. The van der Waals surface area contributed by atoms with Gasteiger partial charge in [0.2, 0.25) is 0 Å². The molecular formula is C23H30N4O2S2. The zero-order valence-corrected chi connectivity index (χ0v) is 20.4. The number of thiazole rings is 1. The van der Waals surface area contributed by atoms with Crippen LogP contribution in [0.2, 0.25) is 0 Å². The molecule has 31 heavy (non-hydrogen) atoms. The van der Waals surface area contributed by atoms with Gasteiger partial charge in [0, 0.05) is 34.1 Å². The molecule has 0 unspecified atom stereocenters. The SMILES string of the molecule is CCc1nn(CCN(C(=O)O)C(C)(C)C)c(CC)c1Sc1ccc(-c2nccs2)cc1. The molecule has 0 bridgehead atoms. The summed E-state index contributed by atoms with van der Waals surface area (Å²) in [6.07, 6.45) is 2.60. The average Bonchev–Trinajstić information content (AvgIpc) is 3.35. The van der Waals surface area contributed by atoms with Gasteiger partial charge in [0.15, 0.2) is 0 Å². The van der Waals surface area contributed by atoms with Crippen LogP contribution in [0, 0.1) is 0 Å². The first-order chi connectivity index (χ1) is 14.7. The molecule has 0 aliphatic heterocycles. The molecule has 8 heteroatoms. The van der Waals surface area contributed by atoms with Crippen molar-refractivity contribution in [1.29, 1.82) is 0 Å². The van der Waals surface area contributed by atoms with E-state index >= 15 is 0 Å². The molecule has 2 heterocycles. The first-order valence-corrected chi connectivity index (χ1v) is 12.2. The van der Waals surface area contributed by atoms with Crippen LogP contribution in [-0.4, -0.2) is 42.9 Å². The quantitative estimate of drug-likeness (QED) is 0.444. The molecule has 3 rings (SSSR count). The molecule has 0 atom stereocenters. The standard InChI is InChI=1S/C23H30N4O2S2/c1-6-18-20(31-17-10-8-16(9-11-17)21-24-12-15-30-21)19(7-2)27(25-18)14-13-26(22(28)29)23(3,4)5/h8-12,15H,6-7,13-14H2,1-5H3,(H,28,29). The van der Waals surface area contributed by atoms with Crippen molar-refractivity contribution in [1.82, 2.24) is 19.7 Å². The molecule has 0 aliphatic rings. The Kier molecular flexibility index (Phi) is 7.43. The zero-order valence-electron chi connectivity index (χ0n) is 18.8. The highest BCUT2D eigenvalue weighted by molar-refractivity contribution is 7.99. The summed E-state index contributed by atoms with van der Waals surface area (Å²) in [7, 11) is 0. The Balaban J connectivity index is 1.82. The van der Waals surface area contributed by atoms with E-state index in [-0.39, 0.29) is 0 Å². The summed E-state index contributed by atoms with van der Waals surface area (Å²) < 4.78 is 1.99. The summed E-state index contributed by atoms with van der Waals surface area (Å²) in [5, 5.41) is 17.4. The summed E-state index contributed by atoms with van der Waals surface area (Å²) in [5.74, 6) is 0. The summed E-state index contributed by atoms with van der Waals surface area (Å²) >= 11 is 3.37. The minimum absolute atomic E-state index is 0.406. The predicted octanol–water partition coefficient (Wildman–Crippen LogP) is 6.06. The highest BCUT2D eigenvalue weighted by Crippen LogP contribution is 2.35. The molecule has 0 radical (unpaired) electrons. The van der Waals surface area contributed by atoms with Crippen LogP contribution in [0.5, 0.6) is 0 Å². The van der Waals surface area contributed by atoms with Gasteiger partial charge in [-0.2, -0.15) is 5.10 Å². The summed E-state index contributed by atoms with van der Waals surface area (Å²) in [5.41, 5.74) is 2.89. The summed E-state index contributed by atoms with van der Waals surface area (Å²) in [4.78, 5) is 19.9. The van der Waals surface area contributed by atoms with Gasteiger partial charge in [-0.1, -0.05) is 37.7 Å². The van der Waals surface area contributed by atoms with Gasteiger partial charge in [-0.3, -0.25) is 4.68 Å². The maximum atomic E-state index is 11.7. The Morgan fingerprint density at radius 2 is 1.90 bits per heavy atom. The van der Waals surface area contributed by atoms with E-state index in [4.69, 9.17) is 5.10 Å². The summed E-state index contributed by atoms with van der Waals surface area (Å²) in [6, 6.07) is 8.47. The van der Waals surface area contributed by atoms with E-state index in [1.54, 1.807) is 23.1 Å². The van der Waals surface area contributed by atoms with Crippen LogP contribution in [0.1, 0.15) is 46.0 Å². The molecule has 0 spiro atoms. The Hall–Kier alpha value is -2.32. The number of hydrogen-bond donors (Lipinski definition) is 1. The van der Waals surface area contributed by atoms with Crippen molar-refractivity contribution in [3.05, 3.63) is 47.2 Å². The fourth-order valence-corrected chi connectivity index (χ4v) is 5.30. The van der Waals surface area contributed by atoms with Crippen molar-refractivity contribution in [3.8, 4) is 10.6 Å². The van der Waals surface area contributed by atoms with E-state index < -0.39 is 11.6 Å². The maximum Gasteiger partial charge on any atom is 0.407 e. The second kappa shape index (κ2) is 9.87. The largest absolute Gasteiger partial charge is 0.465 e. The van der Waals surface area contributed by atoms with Gasteiger partial charge in [0.05, 0.1) is 22.8 Å². The third-order valence-corrected chi connectivity index (χ3v) is 7.08. The molecule has 3 aromatic rings. The molecule has 0 aliphatic carbocycles. The van der Waals surface area contributed by atoms with E-state index in [2.05, 4.69) is 43.1 Å². The lowest BCUT2D eigenvalue weighted by molar-refractivity contribution is 0.0969. The van der Waals surface area contributed by atoms with Gasteiger partial charge in [0.1, 0.15) is 5.01 Å². The van der Waals surface area contributed by atoms with Crippen LogP contribution >= 0.6 is 23.1 Å². The lowest BCUT2D eigenvalue weighted by Crippen LogP contribution is -2.46. The minimum Gasteiger partial charge on any atom is -0.465 e. The van der Waals surface area contributed by atoms with Crippen LogP contribution in [0.3, 0.4) is 0 Å². The van der Waals surface area contributed by atoms with E-state index in [0.717, 1.165) is 39.7 Å². The fourth-order valence-electron chi connectivity index (χ4n) is 3.47. The first kappa shape index (κ1) is 23.3. The van der Waals surface area contributed by atoms with Gasteiger partial charge in [-0.15, -0.1) is 11.3 Å². The van der Waals surface area contributed by atoms with Crippen molar-refractivity contribution in [2.75, 3.05) is 6.54 Å². The number of aromatic nitrogens is 3. The van der Waals surface area contributed by atoms with Crippen LogP contribution < -0.4 is 0 Å². The van der Waals surface area contributed by atoms with E-state index in [1.165, 1.54) is 9.80 Å². The normalized spacial score (nSPS) is 11.6. The van der Waals surface area contributed by atoms with E-state index in [1.807, 2.05) is 37.0 Å². The predicted molar refractivity (Wildman–Crippen MR) is 127 cm³/mol. The number of amides is 1. The van der Waals surface area contributed by atoms with Crippen LogP contribution in [0.15, 0.2) is 45.6 Å². The van der Waals surface area contributed by atoms with Crippen molar-refractivity contribution < 1.29 is 9.90 Å². The van der Waals surface area contributed by atoms with Crippen molar-refractivity contribution in [3.63, 3.8) is 0 Å². The lowest BCUT2D eigenvalue weighted by Gasteiger charge is -2.33. The number of hydrogen-bond acceptors (Lipinski definition) is 5. The number of carboxylic acid groups (broad SMARTS) is 1. The van der Waals surface area contributed by atoms with E-state index in [9.17, 15) is 9.90 Å². The molecule has 0 saturated heterocycles. The molecule has 1 N–H and O–H groups in total. The molecule has 6 nitrogen and oxygen atoms in total. The fraction of sp³-hybridized carbons (Fsp3) is 0.435. The van der Waals surface area contributed by atoms with Crippen LogP contribution in [0.25, 0.3) is 10.6 Å². The first-order valence-electron chi connectivity index (χ1n) is 10.5. The maximum absolute atomic E-state index is 11.7. The monoisotopic (exact) mass is 458 g/mol. The van der Waals surface area contributed by atoms with Gasteiger partial charge in [-0.25, -0.2) is 9.78 Å². The van der Waals surface area contributed by atoms with Gasteiger partial charge >= 0.3 is 6.09 Å². The van der Waals surface area contributed by atoms with Gasteiger partial charge < -0.3 is 10.0 Å². The minimum atomic E-state index is -0.900. The smallest absolute Gasteiger partial charge is 0.407 e. The highest BCUT2D eigenvalue weighted by atomic mass is 32.2. The average molecular weight is 459 g/mol. The lowest BCUT2D eigenvalue weighted by atomic mass is 10.1. The number of benzene rings is 1. The van der Waals surface area contributed by atoms with Crippen LogP contribution in [0.4, 0.5) is 4.79 Å². The molecule has 0 saturated carbocycles.